The highest BCUT2D eigenvalue weighted by molar-refractivity contribution is 6.09. The van der Waals surface area contributed by atoms with E-state index in [1.165, 1.54) is 19.3 Å². The summed E-state index contributed by atoms with van der Waals surface area (Å²) in [6.07, 6.45) is 15.6. The van der Waals surface area contributed by atoms with Crippen molar-refractivity contribution in [3.05, 3.63) is 60.0 Å². The van der Waals surface area contributed by atoms with Crippen molar-refractivity contribution < 1.29 is 33.4 Å². The number of benzene rings is 1. The summed E-state index contributed by atoms with van der Waals surface area (Å²) in [5.74, 6) is 0.939. The molecule has 1 N–H and O–H groups in total. The lowest BCUT2D eigenvalue weighted by Gasteiger charge is -2.48. The monoisotopic (exact) mass is 1020 g/mol. The smallest absolute Gasteiger partial charge is 0.241 e. The van der Waals surface area contributed by atoms with E-state index >= 15 is 4.79 Å². The molecule has 0 unspecified atom stereocenters. The summed E-state index contributed by atoms with van der Waals surface area (Å²) >= 11 is 0. The Hall–Kier alpha value is -5.94. The van der Waals surface area contributed by atoms with E-state index in [1.54, 1.807) is 6.20 Å². The summed E-state index contributed by atoms with van der Waals surface area (Å²) < 4.78 is 14.5. The summed E-state index contributed by atoms with van der Waals surface area (Å²) in [6.45, 7) is 13.5. The molecule has 4 aromatic rings. The summed E-state index contributed by atoms with van der Waals surface area (Å²) in [5.41, 5.74) is 4.97. The molecule has 75 heavy (non-hydrogen) atoms. The van der Waals surface area contributed by atoms with Crippen LogP contribution in [0.15, 0.2) is 48.9 Å². The number of carbonyl (C=O) groups is 5. The first-order valence-electron chi connectivity index (χ1n) is 28.3. The summed E-state index contributed by atoms with van der Waals surface area (Å²) in [5, 5.41) is 2.43. The van der Waals surface area contributed by atoms with Gasteiger partial charge in [0, 0.05) is 105 Å². The minimum absolute atomic E-state index is 0.00422. The third-order valence-electron chi connectivity index (χ3n) is 18.8. The number of rotatable bonds is 10. The molecule has 17 nitrogen and oxygen atoms in total. The molecule has 1 aliphatic carbocycles. The summed E-state index contributed by atoms with van der Waals surface area (Å²) in [4.78, 5) is 93.7. The van der Waals surface area contributed by atoms with Gasteiger partial charge in [0.1, 0.15) is 17.4 Å². The third-order valence-corrected chi connectivity index (χ3v) is 18.8. The highest BCUT2D eigenvalue weighted by Crippen LogP contribution is 2.53. The van der Waals surface area contributed by atoms with E-state index in [9.17, 15) is 19.2 Å². The van der Waals surface area contributed by atoms with Crippen LogP contribution in [0.2, 0.25) is 0 Å². The normalized spacial score (nSPS) is 25.7. The van der Waals surface area contributed by atoms with E-state index in [-0.39, 0.29) is 59.6 Å². The van der Waals surface area contributed by atoms with Crippen LogP contribution in [0.1, 0.15) is 140 Å². The molecule has 10 heterocycles. The van der Waals surface area contributed by atoms with Crippen molar-refractivity contribution in [2.24, 2.45) is 11.3 Å². The maximum atomic E-state index is 15.4. The molecule has 1 saturated carbocycles. The van der Waals surface area contributed by atoms with E-state index in [0.717, 1.165) is 96.5 Å². The first-order valence-corrected chi connectivity index (χ1v) is 28.3. The number of imide groups is 1. The van der Waals surface area contributed by atoms with Gasteiger partial charge in [-0.15, -0.1) is 0 Å². The number of imidazole rings is 1. The second-order valence-corrected chi connectivity index (χ2v) is 23.6. The Bertz CT molecular complexity index is 2820. The van der Waals surface area contributed by atoms with Crippen molar-refractivity contribution in [3.8, 4) is 17.1 Å². The Kier molecular flexibility index (Phi) is 13.4. The summed E-state index contributed by atoms with van der Waals surface area (Å²) in [6, 6.07) is 13.2. The average Bonchev–Trinajstić information content (AvgIpc) is 3.98. The van der Waals surface area contributed by atoms with Crippen molar-refractivity contribution in [2.75, 3.05) is 75.4 Å². The number of anilines is 2. The van der Waals surface area contributed by atoms with E-state index in [2.05, 4.69) is 74.6 Å². The molecular weight excluding hydrogens is 949 g/mol. The fourth-order valence-corrected chi connectivity index (χ4v) is 13.9. The Morgan fingerprint density at radius 1 is 0.800 bits per heavy atom. The number of hydrogen-bond acceptors (Lipinski definition) is 12. The number of carbonyl (C=O) groups excluding carboxylic acids is 5. The number of fused-ring (bicyclic) bond motifs is 3. The molecule has 398 valence electrons. The van der Waals surface area contributed by atoms with Gasteiger partial charge in [0.15, 0.2) is 0 Å². The fourth-order valence-electron chi connectivity index (χ4n) is 13.9. The van der Waals surface area contributed by atoms with Crippen molar-refractivity contribution in [1.82, 2.24) is 39.5 Å². The van der Waals surface area contributed by atoms with Crippen LogP contribution in [0.5, 0.6) is 5.88 Å². The van der Waals surface area contributed by atoms with E-state index in [1.807, 2.05) is 28.3 Å². The molecule has 1 spiro atoms. The van der Waals surface area contributed by atoms with Crippen molar-refractivity contribution in [2.45, 2.75) is 153 Å². The zero-order valence-electron chi connectivity index (χ0n) is 44.1. The van der Waals surface area contributed by atoms with Gasteiger partial charge >= 0.3 is 0 Å². The van der Waals surface area contributed by atoms with Gasteiger partial charge in [-0.2, -0.15) is 0 Å². The second-order valence-electron chi connectivity index (χ2n) is 23.6. The molecule has 3 aromatic heterocycles. The van der Waals surface area contributed by atoms with Gasteiger partial charge in [0.2, 0.25) is 35.4 Å². The Morgan fingerprint density at radius 2 is 1.53 bits per heavy atom. The van der Waals surface area contributed by atoms with Crippen LogP contribution in [0, 0.1) is 11.3 Å². The molecule has 7 fully saturated rings. The van der Waals surface area contributed by atoms with Crippen LogP contribution in [0.25, 0.3) is 22.3 Å². The van der Waals surface area contributed by atoms with Gasteiger partial charge < -0.3 is 38.5 Å². The van der Waals surface area contributed by atoms with Gasteiger partial charge in [-0.05, 0) is 127 Å². The fraction of sp³-hybridized carbons (Fsp3) is 0.621. The highest BCUT2D eigenvalue weighted by atomic mass is 16.5. The molecule has 5 amide bonds. The van der Waals surface area contributed by atoms with Gasteiger partial charge in [0.25, 0.3) is 0 Å². The standard InChI is InChI=1S/C58H74N10O7/c1-37(2)67-36-60-47-34-46(61-53(51(47)67)75-43-15-29-74-30-16-43)39-7-10-45-48(31-39)68(42-32-41(33-42)63-21-5-4-6-22-63)56(73)58(45)19-27-66(28-20-58)55(72)57(3)17-25-65(26-18-57)54(71)38-13-23-64(24-14-38)49-11-8-40(35-59-49)44-9-12-50(69)62-52(44)70/h7-8,10-11,31,34-38,41-44H,4-6,9,12-30,32-33H2,1-3H3,(H,62,69,70)/t41-,42+,44-/m0/s1. The number of amides is 5. The molecule has 1 atom stereocenters. The number of aromatic nitrogens is 4. The van der Waals surface area contributed by atoms with Crippen LogP contribution in [0.3, 0.4) is 0 Å². The zero-order valence-corrected chi connectivity index (χ0v) is 44.1. The molecule has 6 saturated heterocycles. The SMILES string of the molecule is CC(C)n1cnc2cc(-c3ccc4c(c3)N([C@H]3C[C@@H](N5CCCCC5)C3)C(=O)C43CCN(C(=O)C4(C)CCN(C(=O)C5CCN(c6ccc([C@@H]7CCC(=O)NC7=O)cn6)CC5)CC4)CC3)nc(OC3CCOCC3)c21. The molecule has 1 aromatic carbocycles. The van der Waals surface area contributed by atoms with Gasteiger partial charge in [-0.1, -0.05) is 31.5 Å². The van der Waals surface area contributed by atoms with Gasteiger partial charge in [-0.25, -0.2) is 15.0 Å². The number of hydrogen-bond donors (Lipinski definition) is 1. The number of nitrogens with zero attached hydrogens (tertiary/aromatic N) is 9. The van der Waals surface area contributed by atoms with E-state index in [4.69, 9.17) is 19.4 Å². The van der Waals surface area contributed by atoms with E-state index < -0.39 is 10.8 Å². The molecule has 12 rings (SSSR count). The number of ether oxygens (including phenoxy) is 2. The van der Waals surface area contributed by atoms with Crippen LogP contribution in [-0.2, 0) is 34.1 Å². The number of nitrogens with one attached hydrogen (secondary N) is 1. The highest BCUT2D eigenvalue weighted by Gasteiger charge is 2.57. The van der Waals surface area contributed by atoms with Crippen molar-refractivity contribution >= 4 is 52.1 Å². The number of pyridine rings is 2. The molecule has 0 bridgehead atoms. The maximum absolute atomic E-state index is 15.4. The first-order chi connectivity index (χ1) is 36.4. The second kappa shape index (κ2) is 20.2. The predicted molar refractivity (Wildman–Crippen MR) is 283 cm³/mol. The topological polar surface area (TPSA) is 176 Å². The predicted octanol–water partition coefficient (Wildman–Crippen LogP) is 6.92. The minimum atomic E-state index is -0.715. The maximum Gasteiger partial charge on any atom is 0.241 e. The summed E-state index contributed by atoms with van der Waals surface area (Å²) in [7, 11) is 0. The van der Waals surface area contributed by atoms with Gasteiger partial charge in [-0.3, -0.25) is 29.3 Å². The largest absolute Gasteiger partial charge is 0.473 e. The lowest BCUT2D eigenvalue weighted by molar-refractivity contribution is -0.150. The number of likely N-dealkylation sites (tertiary alicyclic amines) is 3. The molecule has 7 aliphatic heterocycles. The number of piperidine rings is 5. The van der Waals surface area contributed by atoms with Crippen LogP contribution < -0.4 is 19.9 Å². The molecular formula is C58H74N10O7. The van der Waals surface area contributed by atoms with Crippen molar-refractivity contribution in [3.63, 3.8) is 0 Å². The molecule has 0 radical (unpaired) electrons. The Balaban J connectivity index is 0.714. The van der Waals surface area contributed by atoms with Crippen LogP contribution in [0.4, 0.5) is 11.5 Å². The van der Waals surface area contributed by atoms with Crippen LogP contribution in [-0.4, -0.2) is 148 Å². The van der Waals surface area contributed by atoms with E-state index in [0.29, 0.717) is 103 Å². The average molecular weight is 1020 g/mol. The molecule has 8 aliphatic rings. The third kappa shape index (κ3) is 9.26. The van der Waals surface area contributed by atoms with Crippen LogP contribution >= 0.6 is 0 Å². The molecule has 17 heteroatoms. The minimum Gasteiger partial charge on any atom is -0.473 e. The lowest BCUT2D eigenvalue weighted by atomic mass is 9.72. The quantitative estimate of drug-likeness (QED) is 0.163. The zero-order chi connectivity index (χ0) is 51.6. The van der Waals surface area contributed by atoms with Crippen molar-refractivity contribution in [1.29, 1.82) is 0 Å². The Labute approximate surface area is 440 Å². The Morgan fingerprint density at radius 3 is 2.23 bits per heavy atom. The first kappa shape index (κ1) is 49.9. The lowest BCUT2D eigenvalue weighted by Crippen LogP contribution is -2.59. The van der Waals surface area contributed by atoms with Gasteiger partial charge in [0.05, 0.1) is 42.1 Å².